The average molecular weight is 502 g/mol. The highest BCUT2D eigenvalue weighted by Gasteiger charge is 2.22. The second kappa shape index (κ2) is 14.0. The maximum Gasteiger partial charge on any atom is 0.125 e. The fourth-order valence-electron chi connectivity index (χ4n) is 5.31. The first-order valence-electron chi connectivity index (χ1n) is 14.3. The zero-order valence-electron chi connectivity index (χ0n) is 24.1. The van der Waals surface area contributed by atoms with Crippen LogP contribution in [-0.4, -0.2) is 45.9 Å². The van der Waals surface area contributed by atoms with Crippen molar-refractivity contribution in [1.29, 1.82) is 0 Å². The van der Waals surface area contributed by atoms with Gasteiger partial charge in [0.1, 0.15) is 5.75 Å². The van der Waals surface area contributed by atoms with E-state index in [-0.39, 0.29) is 5.92 Å². The molecular weight excluding hydrogens is 454 g/mol. The summed E-state index contributed by atoms with van der Waals surface area (Å²) in [4.78, 5) is 7.16. The second-order valence-corrected chi connectivity index (χ2v) is 9.29. The van der Waals surface area contributed by atoms with Gasteiger partial charge in [-0.15, -0.1) is 0 Å². The summed E-state index contributed by atoms with van der Waals surface area (Å²) in [6.45, 7) is 21.9. The first-order valence-corrected chi connectivity index (χ1v) is 14.3. The van der Waals surface area contributed by atoms with Gasteiger partial charge in [0, 0.05) is 73.9 Å². The van der Waals surface area contributed by atoms with Gasteiger partial charge in [0.05, 0.1) is 6.61 Å². The predicted octanol–water partition coefficient (Wildman–Crippen LogP) is 7.80. The Morgan fingerprint density at radius 2 is 0.892 bits per heavy atom. The molecule has 0 aliphatic rings. The minimum absolute atomic E-state index is 0.0869. The van der Waals surface area contributed by atoms with Crippen LogP contribution in [0.2, 0.25) is 0 Å². The smallest absolute Gasteiger partial charge is 0.125 e. The molecule has 4 heteroatoms. The van der Waals surface area contributed by atoms with E-state index in [9.17, 15) is 0 Å². The number of ether oxygens (including phenoxy) is 1. The van der Waals surface area contributed by atoms with Crippen molar-refractivity contribution in [1.82, 2.24) is 0 Å². The Labute approximate surface area is 225 Å². The largest absolute Gasteiger partial charge is 0.493 e. The Bertz CT molecular complexity index is 1010. The van der Waals surface area contributed by atoms with E-state index < -0.39 is 0 Å². The zero-order chi connectivity index (χ0) is 26.8. The van der Waals surface area contributed by atoms with Crippen molar-refractivity contribution in [3.63, 3.8) is 0 Å². The van der Waals surface area contributed by atoms with Crippen molar-refractivity contribution in [2.24, 2.45) is 0 Å². The normalized spacial score (nSPS) is 11.0. The van der Waals surface area contributed by atoms with Crippen molar-refractivity contribution in [2.45, 2.75) is 54.4 Å². The second-order valence-electron chi connectivity index (χ2n) is 9.29. The van der Waals surface area contributed by atoms with Crippen LogP contribution in [0.3, 0.4) is 0 Å². The molecule has 0 aliphatic heterocycles. The van der Waals surface area contributed by atoms with E-state index in [0.717, 1.165) is 45.0 Å². The molecule has 0 aromatic heterocycles. The highest BCUT2D eigenvalue weighted by atomic mass is 16.5. The average Bonchev–Trinajstić information content (AvgIpc) is 2.94. The summed E-state index contributed by atoms with van der Waals surface area (Å²) in [5, 5.41) is 0. The molecule has 0 fully saturated rings. The Balaban J connectivity index is 2.14. The van der Waals surface area contributed by atoms with E-state index >= 15 is 0 Å². The molecule has 0 saturated carbocycles. The molecule has 200 valence electrons. The van der Waals surface area contributed by atoms with Crippen LogP contribution in [0, 0.1) is 0 Å². The molecule has 0 aliphatic carbocycles. The fraction of sp³-hybridized carbons (Fsp3) is 0.455. The molecule has 0 radical (unpaired) electrons. The monoisotopic (exact) mass is 501 g/mol. The molecule has 0 heterocycles. The lowest BCUT2D eigenvalue weighted by molar-refractivity contribution is 0.336. The topological polar surface area (TPSA) is 19.0 Å². The van der Waals surface area contributed by atoms with Crippen molar-refractivity contribution in [2.75, 3.05) is 60.6 Å². The van der Waals surface area contributed by atoms with E-state index in [1.54, 1.807) is 0 Å². The van der Waals surface area contributed by atoms with Crippen LogP contribution < -0.4 is 19.4 Å². The van der Waals surface area contributed by atoms with Crippen molar-refractivity contribution in [3.05, 3.63) is 83.4 Å². The molecule has 3 aromatic carbocycles. The minimum atomic E-state index is 0.0869. The van der Waals surface area contributed by atoms with Crippen molar-refractivity contribution >= 4 is 17.1 Å². The van der Waals surface area contributed by atoms with E-state index in [2.05, 4.69) is 130 Å². The lowest BCUT2D eigenvalue weighted by Gasteiger charge is -2.27. The Morgan fingerprint density at radius 3 is 1.27 bits per heavy atom. The van der Waals surface area contributed by atoms with Gasteiger partial charge >= 0.3 is 0 Å². The predicted molar refractivity (Wildman–Crippen MR) is 162 cm³/mol. The van der Waals surface area contributed by atoms with Gasteiger partial charge in [-0.1, -0.05) is 30.3 Å². The number of rotatable bonds is 14. The number of hydrogen-bond donors (Lipinski definition) is 0. The molecule has 37 heavy (non-hydrogen) atoms. The molecular formula is C33H47N3O. The molecule has 0 amide bonds. The number of benzene rings is 3. The molecule has 3 aromatic rings. The third-order valence-electron chi connectivity index (χ3n) is 7.45. The Hall–Kier alpha value is -3.14. The molecule has 4 nitrogen and oxygen atoms in total. The standard InChI is InChI=1S/C33H47N3O/c1-8-34(9-2)28-19-15-26(16-20-28)33(27-17-21-29(22-18-27)35(10-3)11-4)31-24-23-30(36(12-5)13-6)25-32(31)37-14-7/h15-25,33H,8-14H2,1-7H3. The molecule has 0 saturated heterocycles. The maximum atomic E-state index is 6.29. The van der Waals surface area contributed by atoms with Crippen LogP contribution in [-0.2, 0) is 0 Å². The Morgan fingerprint density at radius 1 is 0.514 bits per heavy atom. The van der Waals surface area contributed by atoms with Gasteiger partial charge in [0.2, 0.25) is 0 Å². The van der Waals surface area contributed by atoms with E-state index in [0.29, 0.717) is 6.61 Å². The highest BCUT2D eigenvalue weighted by molar-refractivity contribution is 5.60. The van der Waals surface area contributed by atoms with Gasteiger partial charge in [-0.25, -0.2) is 0 Å². The first kappa shape index (κ1) is 28.4. The third-order valence-corrected chi connectivity index (χ3v) is 7.45. The molecule has 3 rings (SSSR count). The van der Waals surface area contributed by atoms with Crippen molar-refractivity contribution < 1.29 is 4.74 Å². The molecule has 0 N–H and O–H groups in total. The van der Waals surface area contributed by atoms with E-state index in [1.165, 1.54) is 33.8 Å². The molecule has 0 bridgehead atoms. The van der Waals surface area contributed by atoms with Gasteiger partial charge in [-0.2, -0.15) is 0 Å². The van der Waals surface area contributed by atoms with Crippen LogP contribution in [0.1, 0.15) is 71.1 Å². The summed E-state index contributed by atoms with van der Waals surface area (Å²) in [5.74, 6) is 1.06. The molecule has 0 unspecified atom stereocenters. The van der Waals surface area contributed by atoms with Crippen LogP contribution in [0.5, 0.6) is 5.75 Å². The number of nitrogens with zero attached hydrogens (tertiary/aromatic N) is 3. The fourth-order valence-corrected chi connectivity index (χ4v) is 5.31. The lowest BCUT2D eigenvalue weighted by atomic mass is 9.84. The Kier molecular flexibility index (Phi) is 10.7. The van der Waals surface area contributed by atoms with Gasteiger partial charge in [0.15, 0.2) is 0 Å². The van der Waals surface area contributed by atoms with Crippen molar-refractivity contribution in [3.8, 4) is 5.75 Å². The van der Waals surface area contributed by atoms with E-state index in [1.807, 2.05) is 0 Å². The first-order chi connectivity index (χ1) is 18.0. The summed E-state index contributed by atoms with van der Waals surface area (Å²) in [7, 11) is 0. The summed E-state index contributed by atoms with van der Waals surface area (Å²) >= 11 is 0. The molecule has 0 spiro atoms. The van der Waals surface area contributed by atoms with E-state index in [4.69, 9.17) is 4.74 Å². The number of anilines is 3. The highest BCUT2D eigenvalue weighted by Crippen LogP contribution is 2.40. The summed E-state index contributed by atoms with van der Waals surface area (Å²) in [6, 6.07) is 25.0. The third kappa shape index (κ3) is 6.60. The molecule has 0 atom stereocenters. The van der Waals surface area contributed by atoms with Gasteiger partial charge in [0.25, 0.3) is 0 Å². The number of hydrogen-bond acceptors (Lipinski definition) is 4. The van der Waals surface area contributed by atoms with Crippen LogP contribution in [0.25, 0.3) is 0 Å². The quantitative estimate of drug-likeness (QED) is 0.210. The summed E-state index contributed by atoms with van der Waals surface area (Å²) < 4.78 is 6.29. The van der Waals surface area contributed by atoms with Crippen LogP contribution in [0.15, 0.2) is 66.7 Å². The zero-order valence-corrected chi connectivity index (χ0v) is 24.1. The van der Waals surface area contributed by atoms with Gasteiger partial charge in [-0.05, 0) is 89.9 Å². The minimum Gasteiger partial charge on any atom is -0.493 e. The summed E-state index contributed by atoms with van der Waals surface area (Å²) in [5.41, 5.74) is 7.53. The van der Waals surface area contributed by atoms with Crippen LogP contribution in [0.4, 0.5) is 17.1 Å². The SMILES string of the molecule is CCOc1cc(N(CC)CC)ccc1C(c1ccc(N(CC)CC)cc1)c1ccc(N(CC)CC)cc1. The maximum absolute atomic E-state index is 6.29. The van der Waals surface area contributed by atoms with Gasteiger partial charge in [-0.3, -0.25) is 0 Å². The lowest BCUT2D eigenvalue weighted by Crippen LogP contribution is -2.22. The summed E-state index contributed by atoms with van der Waals surface area (Å²) in [6.07, 6.45) is 0. The van der Waals surface area contributed by atoms with Gasteiger partial charge < -0.3 is 19.4 Å². The van der Waals surface area contributed by atoms with Crippen LogP contribution >= 0.6 is 0 Å².